The Morgan fingerprint density at radius 3 is 1.76 bits per heavy atom. The Bertz CT molecular complexity index is 504. The average Bonchev–Trinajstić information content (AvgIpc) is 2.67. The molecule has 0 aliphatic heterocycles. The number of carboxylic acids is 2. The molecule has 0 aliphatic rings. The van der Waals surface area contributed by atoms with E-state index in [1.54, 1.807) is 0 Å². The van der Waals surface area contributed by atoms with Crippen molar-refractivity contribution < 1.29 is 43.5 Å². The third-order valence-corrected chi connectivity index (χ3v) is 3.53. The van der Waals surface area contributed by atoms with E-state index in [9.17, 15) is 14.4 Å². The van der Waals surface area contributed by atoms with Gasteiger partial charge in [0, 0.05) is 19.5 Å². The van der Waals surface area contributed by atoms with Gasteiger partial charge in [-0.15, -0.1) is 6.42 Å². The summed E-state index contributed by atoms with van der Waals surface area (Å²) in [5, 5.41) is 17.4. The summed E-state index contributed by atoms with van der Waals surface area (Å²) in [4.78, 5) is 34.8. The number of ether oxygens (including phenoxy) is 4. The van der Waals surface area contributed by atoms with Crippen molar-refractivity contribution in [3.05, 3.63) is 0 Å². The Morgan fingerprint density at radius 1 is 0.724 bits per heavy atom. The van der Waals surface area contributed by atoms with E-state index in [1.165, 1.54) is 4.90 Å². The van der Waals surface area contributed by atoms with Crippen molar-refractivity contribution in [1.29, 1.82) is 0 Å². The molecule has 166 valence electrons. The second-order valence-corrected chi connectivity index (χ2v) is 5.87. The first-order valence-electron chi connectivity index (χ1n) is 9.43. The van der Waals surface area contributed by atoms with Crippen molar-refractivity contribution in [2.75, 3.05) is 65.9 Å². The molecule has 0 atom stereocenters. The monoisotopic (exact) mass is 417 g/mol. The number of nitrogens with zero attached hydrogens (tertiary/aromatic N) is 1. The maximum Gasteiger partial charge on any atom is 0.305 e. The molecule has 0 unspecified atom stereocenters. The predicted molar refractivity (Wildman–Crippen MR) is 102 cm³/mol. The number of terminal acetylenes is 1. The van der Waals surface area contributed by atoms with E-state index >= 15 is 0 Å². The lowest BCUT2D eigenvalue weighted by Crippen LogP contribution is -2.34. The first-order valence-corrected chi connectivity index (χ1v) is 9.43. The van der Waals surface area contributed by atoms with Crippen LogP contribution < -0.4 is 0 Å². The van der Waals surface area contributed by atoms with Gasteiger partial charge in [-0.1, -0.05) is 5.92 Å². The minimum atomic E-state index is -1.02. The number of carbonyl (C=O) groups is 3. The predicted octanol–water partition coefficient (Wildman–Crippen LogP) is 0.244. The number of carbonyl (C=O) groups excluding carboxylic acids is 1. The Morgan fingerprint density at radius 2 is 1.24 bits per heavy atom. The minimum absolute atomic E-state index is 0.0463. The van der Waals surface area contributed by atoms with Crippen molar-refractivity contribution >= 4 is 17.8 Å². The van der Waals surface area contributed by atoms with Crippen molar-refractivity contribution in [3.8, 4) is 12.3 Å². The summed E-state index contributed by atoms with van der Waals surface area (Å²) in [6.07, 6.45) is 5.13. The molecule has 0 saturated carbocycles. The standard InChI is InChI=1S/C19H31NO9/c1-2-9-26-11-13-28-15-16-29-14-12-27-10-6-17(21)20(8-5-19(24)25)7-3-4-18(22)23/h1H,3-16H2,(H,22,23)(H,24,25). The first kappa shape index (κ1) is 26.8. The van der Waals surface area contributed by atoms with Gasteiger partial charge in [0.05, 0.1) is 59.1 Å². The quantitative estimate of drug-likeness (QED) is 0.211. The number of carboxylic acid groups (broad SMARTS) is 2. The van der Waals surface area contributed by atoms with Gasteiger partial charge < -0.3 is 34.1 Å². The van der Waals surface area contributed by atoms with Gasteiger partial charge in [-0.25, -0.2) is 0 Å². The molecule has 2 N–H and O–H groups in total. The van der Waals surface area contributed by atoms with E-state index in [0.717, 1.165) is 0 Å². The molecule has 0 fully saturated rings. The molecule has 10 heteroatoms. The summed E-state index contributed by atoms with van der Waals surface area (Å²) >= 11 is 0. The molecular weight excluding hydrogens is 386 g/mol. The van der Waals surface area contributed by atoms with Gasteiger partial charge >= 0.3 is 11.9 Å². The largest absolute Gasteiger partial charge is 0.481 e. The molecule has 0 radical (unpaired) electrons. The zero-order chi connectivity index (χ0) is 21.7. The summed E-state index contributed by atoms with van der Waals surface area (Å²) in [7, 11) is 0. The third kappa shape index (κ3) is 18.9. The molecule has 0 rings (SSSR count). The van der Waals surface area contributed by atoms with Gasteiger partial charge in [-0.3, -0.25) is 14.4 Å². The maximum absolute atomic E-state index is 12.2. The highest BCUT2D eigenvalue weighted by atomic mass is 16.6. The van der Waals surface area contributed by atoms with Crippen LogP contribution in [0.5, 0.6) is 0 Å². The maximum atomic E-state index is 12.2. The van der Waals surface area contributed by atoms with Gasteiger partial charge in [0.2, 0.25) is 5.91 Å². The molecule has 0 aromatic heterocycles. The highest BCUT2D eigenvalue weighted by Crippen LogP contribution is 2.02. The molecule has 0 aliphatic carbocycles. The van der Waals surface area contributed by atoms with Gasteiger partial charge in [0.1, 0.15) is 6.61 Å². The van der Waals surface area contributed by atoms with Crippen molar-refractivity contribution in [1.82, 2.24) is 4.90 Å². The van der Waals surface area contributed by atoms with E-state index < -0.39 is 11.9 Å². The molecule has 0 bridgehead atoms. The van der Waals surface area contributed by atoms with E-state index in [-0.39, 0.29) is 57.9 Å². The molecule has 10 nitrogen and oxygen atoms in total. The molecule has 0 saturated heterocycles. The fraction of sp³-hybridized carbons (Fsp3) is 0.737. The smallest absolute Gasteiger partial charge is 0.305 e. The topological polar surface area (TPSA) is 132 Å². The molecular formula is C19H31NO9. The fourth-order valence-corrected chi connectivity index (χ4v) is 2.12. The van der Waals surface area contributed by atoms with E-state index in [1.807, 2.05) is 0 Å². The van der Waals surface area contributed by atoms with Gasteiger partial charge in [0.15, 0.2) is 0 Å². The van der Waals surface area contributed by atoms with Crippen LogP contribution in [-0.2, 0) is 33.3 Å². The lowest BCUT2D eigenvalue weighted by Gasteiger charge is -2.21. The average molecular weight is 417 g/mol. The highest BCUT2D eigenvalue weighted by molar-refractivity contribution is 5.77. The van der Waals surface area contributed by atoms with Crippen LogP contribution in [0.3, 0.4) is 0 Å². The summed E-state index contributed by atoms with van der Waals surface area (Å²) < 4.78 is 21.0. The number of hydrogen-bond acceptors (Lipinski definition) is 7. The fourth-order valence-electron chi connectivity index (χ4n) is 2.12. The summed E-state index contributed by atoms with van der Waals surface area (Å²) in [6, 6.07) is 0. The van der Waals surface area contributed by atoms with Crippen LogP contribution in [0.1, 0.15) is 25.7 Å². The van der Waals surface area contributed by atoms with Crippen molar-refractivity contribution in [2.24, 2.45) is 0 Å². The van der Waals surface area contributed by atoms with Crippen LogP contribution in [0, 0.1) is 12.3 Å². The molecule has 0 spiro atoms. The van der Waals surface area contributed by atoms with Crippen LogP contribution in [0.25, 0.3) is 0 Å². The zero-order valence-electron chi connectivity index (χ0n) is 16.7. The Kier molecular flexibility index (Phi) is 17.7. The summed E-state index contributed by atoms with van der Waals surface area (Å²) in [6.45, 7) is 3.05. The Labute approximate surface area is 171 Å². The zero-order valence-corrected chi connectivity index (χ0v) is 16.7. The number of hydrogen-bond donors (Lipinski definition) is 2. The van der Waals surface area contributed by atoms with Gasteiger partial charge in [-0.05, 0) is 6.42 Å². The Hall–Kier alpha value is -2.19. The second-order valence-electron chi connectivity index (χ2n) is 5.87. The Balaban J connectivity index is 3.74. The van der Waals surface area contributed by atoms with E-state index in [2.05, 4.69) is 5.92 Å². The molecule has 0 aromatic carbocycles. The first-order chi connectivity index (χ1) is 14.0. The third-order valence-electron chi connectivity index (χ3n) is 3.53. The number of rotatable bonds is 20. The number of amides is 1. The molecule has 1 amide bonds. The lowest BCUT2D eigenvalue weighted by atomic mass is 10.2. The summed E-state index contributed by atoms with van der Waals surface area (Å²) in [5.74, 6) is 0.117. The van der Waals surface area contributed by atoms with Gasteiger partial charge in [0.25, 0.3) is 0 Å². The second kappa shape index (κ2) is 19.1. The highest BCUT2D eigenvalue weighted by Gasteiger charge is 2.15. The van der Waals surface area contributed by atoms with Crippen LogP contribution in [-0.4, -0.2) is 98.9 Å². The molecule has 0 aromatic rings. The summed E-state index contributed by atoms with van der Waals surface area (Å²) in [5.41, 5.74) is 0. The normalized spacial score (nSPS) is 10.4. The van der Waals surface area contributed by atoms with Crippen LogP contribution in [0.2, 0.25) is 0 Å². The van der Waals surface area contributed by atoms with Crippen molar-refractivity contribution in [3.63, 3.8) is 0 Å². The van der Waals surface area contributed by atoms with Gasteiger partial charge in [-0.2, -0.15) is 0 Å². The minimum Gasteiger partial charge on any atom is -0.481 e. The van der Waals surface area contributed by atoms with E-state index in [4.69, 9.17) is 35.6 Å². The SMILES string of the molecule is C#CCOCCOCCOCCOCCC(=O)N(CCCC(=O)O)CCC(=O)O. The molecule has 29 heavy (non-hydrogen) atoms. The van der Waals surface area contributed by atoms with Crippen LogP contribution in [0.4, 0.5) is 0 Å². The molecule has 0 heterocycles. The lowest BCUT2D eigenvalue weighted by molar-refractivity contribution is -0.140. The van der Waals surface area contributed by atoms with Crippen LogP contribution >= 0.6 is 0 Å². The van der Waals surface area contributed by atoms with Crippen molar-refractivity contribution in [2.45, 2.75) is 25.7 Å². The van der Waals surface area contributed by atoms with Crippen LogP contribution in [0.15, 0.2) is 0 Å². The van der Waals surface area contributed by atoms with E-state index in [0.29, 0.717) is 39.6 Å². The number of aliphatic carboxylic acids is 2.